The monoisotopic (exact) mass is 273 g/mol. The van der Waals surface area contributed by atoms with E-state index in [1.807, 2.05) is 38.1 Å². The van der Waals surface area contributed by atoms with Crippen LogP contribution >= 0.6 is 0 Å². The van der Waals surface area contributed by atoms with Crippen molar-refractivity contribution in [1.82, 2.24) is 0 Å². The van der Waals surface area contributed by atoms with Crippen molar-refractivity contribution in [3.8, 4) is 5.75 Å². The maximum absolute atomic E-state index is 13.9. The molecule has 2 aromatic carbocycles. The molecule has 0 aliphatic rings. The number of benzene rings is 2. The molecule has 0 atom stereocenters. The molecule has 3 heteroatoms. The molecule has 0 aliphatic heterocycles. The van der Waals surface area contributed by atoms with Gasteiger partial charge in [-0.2, -0.15) is 0 Å². The lowest BCUT2D eigenvalue weighted by Crippen LogP contribution is -2.07. The van der Waals surface area contributed by atoms with Gasteiger partial charge in [0, 0.05) is 0 Å². The quantitative estimate of drug-likeness (QED) is 0.904. The molecule has 0 saturated heterocycles. The van der Waals surface area contributed by atoms with E-state index in [0.29, 0.717) is 25.3 Å². The molecule has 0 saturated carbocycles. The molecule has 0 heterocycles. The summed E-state index contributed by atoms with van der Waals surface area (Å²) < 4.78 is 19.6. The fourth-order valence-electron chi connectivity index (χ4n) is 2.29. The molecule has 2 N–H and O–H groups in total. The predicted octanol–water partition coefficient (Wildman–Crippen LogP) is 3.52. The van der Waals surface area contributed by atoms with Crippen LogP contribution in [0.25, 0.3) is 0 Å². The van der Waals surface area contributed by atoms with Crippen LogP contribution in [-0.4, -0.2) is 6.54 Å². The van der Waals surface area contributed by atoms with Crippen molar-refractivity contribution in [2.24, 2.45) is 5.73 Å². The highest BCUT2D eigenvalue weighted by molar-refractivity contribution is 5.37. The van der Waals surface area contributed by atoms with Crippen molar-refractivity contribution in [1.29, 1.82) is 0 Å². The number of nitrogens with two attached hydrogens (primary N) is 1. The van der Waals surface area contributed by atoms with Gasteiger partial charge in [-0.25, -0.2) is 4.39 Å². The molecule has 2 aromatic rings. The Morgan fingerprint density at radius 1 is 1.05 bits per heavy atom. The molecule has 0 fully saturated rings. The third-order valence-corrected chi connectivity index (χ3v) is 3.47. The first-order valence-corrected chi connectivity index (χ1v) is 6.79. The van der Waals surface area contributed by atoms with E-state index in [1.165, 1.54) is 6.07 Å². The zero-order valence-corrected chi connectivity index (χ0v) is 11.9. The van der Waals surface area contributed by atoms with Gasteiger partial charge in [0.2, 0.25) is 0 Å². The van der Waals surface area contributed by atoms with E-state index in [1.54, 1.807) is 6.07 Å². The van der Waals surface area contributed by atoms with Crippen LogP contribution in [0.4, 0.5) is 4.39 Å². The molecule has 0 unspecified atom stereocenters. The van der Waals surface area contributed by atoms with Crippen molar-refractivity contribution in [3.05, 3.63) is 64.5 Å². The zero-order valence-electron chi connectivity index (χ0n) is 11.9. The number of para-hydroxylation sites is 1. The number of hydrogen-bond donors (Lipinski definition) is 1. The Morgan fingerprint density at radius 3 is 2.35 bits per heavy atom. The van der Waals surface area contributed by atoms with Gasteiger partial charge in [0.1, 0.15) is 6.61 Å². The van der Waals surface area contributed by atoms with Crippen molar-refractivity contribution in [2.45, 2.75) is 26.9 Å². The van der Waals surface area contributed by atoms with Crippen molar-refractivity contribution in [2.75, 3.05) is 6.54 Å². The summed E-state index contributed by atoms with van der Waals surface area (Å²) in [6.07, 6.45) is 0.611. The Hall–Kier alpha value is -1.87. The van der Waals surface area contributed by atoms with E-state index in [0.717, 1.165) is 22.3 Å². The van der Waals surface area contributed by atoms with Gasteiger partial charge in [0.05, 0.1) is 0 Å². The zero-order chi connectivity index (χ0) is 14.5. The topological polar surface area (TPSA) is 35.2 Å². The van der Waals surface area contributed by atoms with Gasteiger partial charge in [0.25, 0.3) is 0 Å². The highest BCUT2D eigenvalue weighted by Crippen LogP contribution is 2.25. The van der Waals surface area contributed by atoms with E-state index < -0.39 is 0 Å². The largest absolute Gasteiger partial charge is 0.486 e. The summed E-state index contributed by atoms with van der Waals surface area (Å²) in [4.78, 5) is 0. The van der Waals surface area contributed by atoms with Gasteiger partial charge >= 0.3 is 0 Å². The van der Waals surface area contributed by atoms with Crippen LogP contribution in [0.15, 0.2) is 36.4 Å². The normalized spacial score (nSPS) is 10.6. The SMILES string of the molecule is Cc1cccc(C)c1COc1c(F)cccc1CCN. The van der Waals surface area contributed by atoms with Crippen LogP contribution in [-0.2, 0) is 13.0 Å². The summed E-state index contributed by atoms with van der Waals surface area (Å²) in [6.45, 7) is 4.92. The van der Waals surface area contributed by atoms with Crippen molar-refractivity contribution < 1.29 is 9.13 Å². The molecular weight excluding hydrogens is 253 g/mol. The molecule has 0 bridgehead atoms. The summed E-state index contributed by atoms with van der Waals surface area (Å²) in [7, 11) is 0. The highest BCUT2D eigenvalue weighted by atomic mass is 19.1. The standard InChI is InChI=1S/C17H20FNO/c1-12-5-3-6-13(2)15(12)11-20-17-14(9-10-19)7-4-8-16(17)18/h3-8H,9-11,19H2,1-2H3. The minimum Gasteiger partial charge on any atom is -0.486 e. The van der Waals surface area contributed by atoms with Crippen LogP contribution in [0, 0.1) is 19.7 Å². The lowest BCUT2D eigenvalue weighted by molar-refractivity contribution is 0.285. The number of halogens is 1. The van der Waals surface area contributed by atoms with Crippen LogP contribution in [0.1, 0.15) is 22.3 Å². The summed E-state index contributed by atoms with van der Waals surface area (Å²) >= 11 is 0. The molecule has 106 valence electrons. The van der Waals surface area contributed by atoms with Gasteiger partial charge in [-0.05, 0) is 55.1 Å². The van der Waals surface area contributed by atoms with Crippen molar-refractivity contribution in [3.63, 3.8) is 0 Å². The first-order valence-electron chi connectivity index (χ1n) is 6.79. The Bertz CT molecular complexity index is 575. The average molecular weight is 273 g/mol. The third kappa shape index (κ3) is 3.17. The van der Waals surface area contributed by atoms with Crippen LogP contribution in [0.3, 0.4) is 0 Å². The third-order valence-electron chi connectivity index (χ3n) is 3.47. The minimum atomic E-state index is -0.331. The number of rotatable bonds is 5. The van der Waals surface area contributed by atoms with Crippen LogP contribution in [0.5, 0.6) is 5.75 Å². The van der Waals surface area contributed by atoms with E-state index in [2.05, 4.69) is 0 Å². The summed E-state index contributed by atoms with van der Waals surface area (Å²) in [5.41, 5.74) is 9.79. The van der Waals surface area contributed by atoms with Gasteiger partial charge in [0.15, 0.2) is 11.6 Å². The van der Waals surface area contributed by atoms with Gasteiger partial charge in [-0.3, -0.25) is 0 Å². The van der Waals surface area contributed by atoms with Crippen LogP contribution < -0.4 is 10.5 Å². The number of aryl methyl sites for hydroxylation is 2. The second kappa shape index (κ2) is 6.53. The molecule has 0 aliphatic carbocycles. The molecule has 0 radical (unpaired) electrons. The predicted molar refractivity (Wildman–Crippen MR) is 79.4 cm³/mol. The van der Waals surface area contributed by atoms with Crippen molar-refractivity contribution >= 4 is 0 Å². The second-order valence-corrected chi connectivity index (χ2v) is 4.93. The lowest BCUT2D eigenvalue weighted by atomic mass is 10.0. The van der Waals surface area contributed by atoms with Gasteiger partial charge in [-0.1, -0.05) is 30.3 Å². The first-order chi connectivity index (χ1) is 9.63. The molecule has 0 aromatic heterocycles. The lowest BCUT2D eigenvalue weighted by Gasteiger charge is -2.14. The molecule has 2 nitrogen and oxygen atoms in total. The van der Waals surface area contributed by atoms with E-state index in [-0.39, 0.29) is 5.82 Å². The fourth-order valence-corrected chi connectivity index (χ4v) is 2.29. The fraction of sp³-hybridized carbons (Fsp3) is 0.294. The maximum Gasteiger partial charge on any atom is 0.165 e. The maximum atomic E-state index is 13.9. The smallest absolute Gasteiger partial charge is 0.165 e. The van der Waals surface area contributed by atoms with E-state index >= 15 is 0 Å². The molecule has 2 rings (SSSR count). The first kappa shape index (κ1) is 14.5. The van der Waals surface area contributed by atoms with Gasteiger partial charge < -0.3 is 10.5 Å². The molecule has 0 spiro atoms. The summed E-state index contributed by atoms with van der Waals surface area (Å²) in [5, 5.41) is 0. The Morgan fingerprint density at radius 2 is 1.70 bits per heavy atom. The molecule has 0 amide bonds. The highest BCUT2D eigenvalue weighted by Gasteiger charge is 2.11. The Labute approximate surface area is 119 Å². The second-order valence-electron chi connectivity index (χ2n) is 4.93. The summed E-state index contributed by atoms with van der Waals surface area (Å²) in [5.74, 6) is -0.0113. The minimum absolute atomic E-state index is 0.320. The van der Waals surface area contributed by atoms with E-state index in [4.69, 9.17) is 10.5 Å². The Kier molecular flexibility index (Phi) is 4.74. The molecule has 20 heavy (non-hydrogen) atoms. The number of ether oxygens (including phenoxy) is 1. The Balaban J connectivity index is 2.23. The number of hydrogen-bond acceptors (Lipinski definition) is 2. The van der Waals surface area contributed by atoms with E-state index in [9.17, 15) is 4.39 Å². The van der Waals surface area contributed by atoms with Crippen LogP contribution in [0.2, 0.25) is 0 Å². The molecular formula is C17H20FNO. The van der Waals surface area contributed by atoms with Gasteiger partial charge in [-0.15, -0.1) is 0 Å². The average Bonchev–Trinajstić information content (AvgIpc) is 2.41. The summed E-state index contributed by atoms with van der Waals surface area (Å²) in [6, 6.07) is 11.0.